The first-order valence-corrected chi connectivity index (χ1v) is 12.4. The van der Waals surface area contributed by atoms with Gasteiger partial charge in [0.15, 0.2) is 9.84 Å². The average molecular weight is 468 g/mol. The summed E-state index contributed by atoms with van der Waals surface area (Å²) in [6, 6.07) is 30.2. The third-order valence-corrected chi connectivity index (χ3v) is 7.16. The topological polar surface area (TPSA) is 80.5 Å². The third-order valence-electron chi connectivity index (χ3n) is 5.46. The Hall–Kier alpha value is -4.23. The molecule has 0 spiro atoms. The third kappa shape index (κ3) is 4.33. The summed E-state index contributed by atoms with van der Waals surface area (Å²) in [6.07, 6.45) is 1.84. The van der Waals surface area contributed by atoms with Crippen LogP contribution < -0.4 is 5.32 Å². The number of aromatic nitrogens is 2. The number of benzene rings is 3. The van der Waals surface area contributed by atoms with Crippen LogP contribution in [0.1, 0.15) is 15.9 Å². The number of hydrogen-bond acceptors (Lipinski definition) is 4. The van der Waals surface area contributed by atoms with Crippen molar-refractivity contribution in [1.82, 2.24) is 9.38 Å². The maximum atomic E-state index is 13.2. The summed E-state index contributed by atoms with van der Waals surface area (Å²) >= 11 is 0. The molecule has 5 rings (SSSR count). The first-order valence-electron chi connectivity index (χ1n) is 10.7. The Morgan fingerprint density at radius 3 is 2.29 bits per heavy atom. The summed E-state index contributed by atoms with van der Waals surface area (Å²) in [5, 5.41) is 2.98. The molecule has 0 bridgehead atoms. The lowest BCUT2D eigenvalue weighted by atomic mass is 10.1. The molecule has 0 saturated heterocycles. The van der Waals surface area contributed by atoms with Gasteiger partial charge in [0.05, 0.1) is 10.6 Å². The van der Waals surface area contributed by atoms with Gasteiger partial charge in [-0.05, 0) is 42.0 Å². The summed E-state index contributed by atoms with van der Waals surface area (Å²) in [5.74, 6) is 0.0131. The van der Waals surface area contributed by atoms with Gasteiger partial charge in [-0.25, -0.2) is 13.4 Å². The van der Waals surface area contributed by atoms with E-state index in [0.29, 0.717) is 28.3 Å². The van der Waals surface area contributed by atoms with Crippen molar-refractivity contribution < 1.29 is 13.2 Å². The molecule has 34 heavy (non-hydrogen) atoms. The molecule has 7 heteroatoms. The Morgan fingerprint density at radius 2 is 1.53 bits per heavy atom. The molecule has 5 aromatic rings. The molecule has 6 nitrogen and oxygen atoms in total. The highest BCUT2D eigenvalue weighted by molar-refractivity contribution is 7.90. The van der Waals surface area contributed by atoms with Gasteiger partial charge in [0.25, 0.3) is 5.91 Å². The SMILES string of the molecule is O=C(Nc1c(-c2ccccc2)nc2ccccn12)c1cccc(CS(=O)(=O)c2ccccc2)c1. The zero-order valence-electron chi connectivity index (χ0n) is 18.1. The predicted molar refractivity (Wildman–Crippen MR) is 132 cm³/mol. The molecule has 168 valence electrons. The van der Waals surface area contributed by atoms with E-state index in [1.807, 2.05) is 59.1 Å². The molecule has 0 fully saturated rings. The van der Waals surface area contributed by atoms with Gasteiger partial charge in [-0.1, -0.05) is 66.7 Å². The van der Waals surface area contributed by atoms with Crippen LogP contribution in [0.25, 0.3) is 16.9 Å². The minimum atomic E-state index is -3.52. The Morgan fingerprint density at radius 1 is 0.824 bits per heavy atom. The van der Waals surface area contributed by atoms with Crippen LogP contribution in [0.4, 0.5) is 5.82 Å². The maximum absolute atomic E-state index is 13.2. The lowest BCUT2D eigenvalue weighted by molar-refractivity contribution is 0.102. The molecule has 0 saturated carbocycles. The standard InChI is InChI=1S/C27H21N3O3S/c31-27(22-13-9-10-20(18-22)19-34(32,33)23-14-5-2-6-15-23)29-26-25(21-11-3-1-4-12-21)28-24-16-7-8-17-30(24)26/h1-18H,19H2,(H,29,31). The molecular weight excluding hydrogens is 446 g/mol. The zero-order valence-corrected chi connectivity index (χ0v) is 18.9. The normalized spacial score (nSPS) is 11.4. The van der Waals surface area contributed by atoms with Crippen molar-refractivity contribution in [2.75, 3.05) is 5.32 Å². The number of nitrogens with one attached hydrogen (secondary N) is 1. The molecule has 0 unspecified atom stereocenters. The van der Waals surface area contributed by atoms with Gasteiger partial charge in [-0.3, -0.25) is 9.20 Å². The number of pyridine rings is 1. The highest BCUT2D eigenvalue weighted by atomic mass is 32.2. The molecule has 1 N–H and O–H groups in total. The molecule has 3 aromatic carbocycles. The van der Waals surface area contributed by atoms with Crippen molar-refractivity contribution in [3.63, 3.8) is 0 Å². The van der Waals surface area contributed by atoms with Crippen LogP contribution in [-0.4, -0.2) is 23.7 Å². The van der Waals surface area contributed by atoms with Crippen LogP contribution in [0, 0.1) is 0 Å². The monoisotopic (exact) mass is 467 g/mol. The van der Waals surface area contributed by atoms with Crippen LogP contribution in [0.2, 0.25) is 0 Å². The Labute approximate surface area is 197 Å². The minimum absolute atomic E-state index is 0.191. The number of carbonyl (C=O) groups excluding carboxylic acids is 1. The van der Waals surface area contributed by atoms with Gasteiger partial charge in [-0.2, -0.15) is 0 Å². The lowest BCUT2D eigenvalue weighted by Gasteiger charge is -2.10. The van der Waals surface area contributed by atoms with Crippen molar-refractivity contribution in [2.24, 2.45) is 0 Å². The number of anilines is 1. The first kappa shape index (κ1) is 21.6. The molecule has 2 aromatic heterocycles. The average Bonchev–Trinajstić information content (AvgIpc) is 3.23. The number of fused-ring (bicyclic) bond motifs is 1. The van der Waals surface area contributed by atoms with Crippen molar-refractivity contribution in [3.05, 3.63) is 120 Å². The largest absolute Gasteiger partial charge is 0.306 e. The quantitative estimate of drug-likeness (QED) is 0.371. The van der Waals surface area contributed by atoms with Crippen molar-refractivity contribution in [2.45, 2.75) is 10.6 Å². The highest BCUT2D eigenvalue weighted by Gasteiger charge is 2.19. The number of nitrogens with zero attached hydrogens (tertiary/aromatic N) is 2. The van der Waals surface area contributed by atoms with E-state index < -0.39 is 9.84 Å². The van der Waals surface area contributed by atoms with Gasteiger partial charge in [0.2, 0.25) is 0 Å². The highest BCUT2D eigenvalue weighted by Crippen LogP contribution is 2.29. The summed E-state index contributed by atoms with van der Waals surface area (Å²) < 4.78 is 27.4. The summed E-state index contributed by atoms with van der Waals surface area (Å²) in [7, 11) is -3.52. The van der Waals surface area contributed by atoms with E-state index in [-0.39, 0.29) is 16.6 Å². The first-order chi connectivity index (χ1) is 16.5. The Balaban J connectivity index is 1.46. The van der Waals surface area contributed by atoms with Gasteiger partial charge in [0.1, 0.15) is 17.2 Å². The summed E-state index contributed by atoms with van der Waals surface area (Å²) in [5.41, 5.74) is 3.15. The molecular formula is C27H21N3O3S. The second-order valence-electron chi connectivity index (χ2n) is 7.83. The molecule has 0 aliphatic carbocycles. The smallest absolute Gasteiger partial charge is 0.256 e. The van der Waals surface area contributed by atoms with E-state index >= 15 is 0 Å². The summed E-state index contributed by atoms with van der Waals surface area (Å²) in [4.78, 5) is 18.2. The van der Waals surface area contributed by atoms with Crippen LogP contribution in [0.3, 0.4) is 0 Å². The van der Waals surface area contributed by atoms with Gasteiger partial charge >= 0.3 is 0 Å². The van der Waals surface area contributed by atoms with Gasteiger partial charge in [-0.15, -0.1) is 0 Å². The maximum Gasteiger partial charge on any atom is 0.256 e. The van der Waals surface area contributed by atoms with Crippen LogP contribution in [0.15, 0.2) is 114 Å². The second-order valence-corrected chi connectivity index (χ2v) is 9.82. The van der Waals surface area contributed by atoms with Crippen LogP contribution >= 0.6 is 0 Å². The zero-order chi connectivity index (χ0) is 23.5. The van der Waals surface area contributed by atoms with Crippen molar-refractivity contribution >= 4 is 27.2 Å². The van der Waals surface area contributed by atoms with E-state index in [0.717, 1.165) is 5.56 Å². The number of amides is 1. The summed E-state index contributed by atoms with van der Waals surface area (Å²) in [6.45, 7) is 0. The fourth-order valence-electron chi connectivity index (χ4n) is 3.83. The minimum Gasteiger partial charge on any atom is -0.306 e. The molecule has 0 aliphatic heterocycles. The second kappa shape index (κ2) is 8.96. The van der Waals surface area contributed by atoms with E-state index in [4.69, 9.17) is 4.98 Å². The molecule has 0 radical (unpaired) electrons. The number of hydrogen-bond donors (Lipinski definition) is 1. The molecule has 0 atom stereocenters. The van der Waals surface area contributed by atoms with E-state index in [1.54, 1.807) is 54.6 Å². The molecule has 2 heterocycles. The van der Waals surface area contributed by atoms with E-state index in [9.17, 15) is 13.2 Å². The van der Waals surface area contributed by atoms with Crippen molar-refractivity contribution in [1.29, 1.82) is 0 Å². The Kier molecular flexibility index (Phi) is 5.69. The molecule has 0 aliphatic rings. The number of rotatable bonds is 6. The fraction of sp³-hybridized carbons (Fsp3) is 0.0370. The Bertz CT molecular complexity index is 1580. The lowest BCUT2D eigenvalue weighted by Crippen LogP contribution is -2.15. The van der Waals surface area contributed by atoms with Gasteiger partial charge < -0.3 is 5.32 Å². The van der Waals surface area contributed by atoms with E-state index in [1.165, 1.54) is 0 Å². The van der Waals surface area contributed by atoms with Crippen molar-refractivity contribution in [3.8, 4) is 11.3 Å². The molecule has 1 amide bonds. The van der Waals surface area contributed by atoms with Crippen LogP contribution in [-0.2, 0) is 15.6 Å². The van der Waals surface area contributed by atoms with Gasteiger partial charge in [0, 0.05) is 17.3 Å². The van der Waals surface area contributed by atoms with Crippen LogP contribution in [0.5, 0.6) is 0 Å². The number of imidazole rings is 1. The number of sulfone groups is 1. The fourth-order valence-corrected chi connectivity index (χ4v) is 5.18. The predicted octanol–water partition coefficient (Wildman–Crippen LogP) is 5.23. The number of carbonyl (C=O) groups is 1. The van der Waals surface area contributed by atoms with E-state index in [2.05, 4.69) is 5.32 Å².